The number of allylic oxidation sites excluding steroid dienone is 1. The van der Waals surface area contributed by atoms with Crippen LogP contribution in [0.25, 0.3) is 6.08 Å². The molecule has 0 atom stereocenters. The number of rotatable bonds is 3. The van der Waals surface area contributed by atoms with Gasteiger partial charge in [0.2, 0.25) is 0 Å². The number of halogens is 3. The number of benzene rings is 1. The van der Waals surface area contributed by atoms with Crippen LogP contribution in [0.2, 0.25) is 5.02 Å². The van der Waals surface area contributed by atoms with Crippen molar-refractivity contribution in [3.05, 3.63) is 40.2 Å². The van der Waals surface area contributed by atoms with E-state index in [0.29, 0.717) is 10.6 Å². The molecule has 1 aromatic carbocycles. The lowest BCUT2D eigenvalue weighted by Gasteiger charge is -2.01. The Labute approximate surface area is 96.9 Å². The first-order chi connectivity index (χ1) is 6.65. The van der Waals surface area contributed by atoms with Crippen LogP contribution in [-0.4, -0.2) is 5.33 Å². The zero-order valence-corrected chi connectivity index (χ0v) is 10.2. The minimum absolute atomic E-state index is 0.272. The van der Waals surface area contributed by atoms with Crippen molar-refractivity contribution in [1.29, 1.82) is 0 Å². The van der Waals surface area contributed by atoms with Crippen LogP contribution >= 0.6 is 27.5 Å². The van der Waals surface area contributed by atoms with Crippen LogP contribution < -0.4 is 0 Å². The molecule has 3 heteroatoms. The number of hydrogen-bond acceptors (Lipinski definition) is 0. The molecule has 0 fully saturated rings. The molecule has 0 heterocycles. The van der Waals surface area contributed by atoms with Crippen molar-refractivity contribution >= 4 is 33.6 Å². The summed E-state index contributed by atoms with van der Waals surface area (Å²) in [7, 11) is 0. The van der Waals surface area contributed by atoms with Crippen molar-refractivity contribution in [1.82, 2.24) is 0 Å². The molecule has 0 amide bonds. The van der Waals surface area contributed by atoms with E-state index in [1.807, 2.05) is 13.0 Å². The maximum atomic E-state index is 13.3. The topological polar surface area (TPSA) is 0 Å². The van der Waals surface area contributed by atoms with Crippen molar-refractivity contribution in [3.8, 4) is 0 Å². The predicted octanol–water partition coefficient (Wildman–Crippen LogP) is 4.59. The molecule has 0 nitrogen and oxygen atoms in total. The van der Waals surface area contributed by atoms with E-state index in [0.717, 1.165) is 17.3 Å². The fourth-order valence-corrected chi connectivity index (χ4v) is 1.50. The Kier molecular flexibility index (Phi) is 4.63. The first-order valence-corrected chi connectivity index (χ1v) is 5.83. The minimum Gasteiger partial charge on any atom is -0.206 e. The summed E-state index contributed by atoms with van der Waals surface area (Å²) in [5, 5.41) is 1.36. The third kappa shape index (κ3) is 3.10. The highest BCUT2D eigenvalue weighted by Crippen LogP contribution is 2.20. The molecule has 0 aliphatic heterocycles. The van der Waals surface area contributed by atoms with Gasteiger partial charge in [-0.3, -0.25) is 0 Å². The third-order valence-corrected chi connectivity index (χ3v) is 2.72. The van der Waals surface area contributed by atoms with E-state index < -0.39 is 0 Å². The monoisotopic (exact) mass is 276 g/mol. The standard InChI is InChI=1S/C11H11BrClF/c1-8-6-9(4-2-3-5-12)11(14)7-10(8)13/h2,4,6-7H,3,5H2,1H3. The molecule has 0 aliphatic rings. The van der Waals surface area contributed by atoms with Gasteiger partial charge in [0.25, 0.3) is 0 Å². The summed E-state index contributed by atoms with van der Waals surface area (Å²) in [6.45, 7) is 1.86. The van der Waals surface area contributed by atoms with Crippen LogP contribution in [0.3, 0.4) is 0 Å². The smallest absolute Gasteiger partial charge is 0.131 e. The van der Waals surface area contributed by atoms with Gasteiger partial charge in [0.1, 0.15) is 5.82 Å². The van der Waals surface area contributed by atoms with E-state index in [2.05, 4.69) is 15.9 Å². The highest BCUT2D eigenvalue weighted by Gasteiger charge is 2.02. The van der Waals surface area contributed by atoms with Crippen molar-refractivity contribution in [2.24, 2.45) is 0 Å². The molecule has 0 aromatic heterocycles. The second kappa shape index (κ2) is 5.52. The fourth-order valence-electron chi connectivity index (χ4n) is 1.08. The summed E-state index contributed by atoms with van der Waals surface area (Å²) in [6, 6.07) is 3.10. The van der Waals surface area contributed by atoms with E-state index in [1.165, 1.54) is 6.07 Å². The molecule has 1 rings (SSSR count). The summed E-state index contributed by atoms with van der Waals surface area (Å²) in [5.41, 5.74) is 1.49. The van der Waals surface area contributed by atoms with Crippen molar-refractivity contribution in [3.63, 3.8) is 0 Å². The highest BCUT2D eigenvalue weighted by molar-refractivity contribution is 9.09. The van der Waals surface area contributed by atoms with Gasteiger partial charge in [0.15, 0.2) is 0 Å². The quantitative estimate of drug-likeness (QED) is 0.709. The van der Waals surface area contributed by atoms with Crippen LogP contribution in [0.4, 0.5) is 4.39 Å². The molecule has 0 aliphatic carbocycles. The maximum Gasteiger partial charge on any atom is 0.131 e. The fraction of sp³-hybridized carbons (Fsp3) is 0.273. The van der Waals surface area contributed by atoms with E-state index in [9.17, 15) is 4.39 Å². The second-order valence-corrected chi connectivity index (χ2v) is 4.20. The minimum atomic E-state index is -0.272. The van der Waals surface area contributed by atoms with Gasteiger partial charge in [-0.1, -0.05) is 39.7 Å². The van der Waals surface area contributed by atoms with Gasteiger partial charge in [0, 0.05) is 15.9 Å². The zero-order valence-electron chi connectivity index (χ0n) is 7.86. The lowest BCUT2D eigenvalue weighted by Crippen LogP contribution is -1.85. The molecule has 0 unspecified atom stereocenters. The Hall–Kier alpha value is -0.340. The molecule has 0 bridgehead atoms. The lowest BCUT2D eigenvalue weighted by atomic mass is 10.1. The van der Waals surface area contributed by atoms with Crippen molar-refractivity contribution < 1.29 is 4.39 Å². The average molecular weight is 278 g/mol. The van der Waals surface area contributed by atoms with Gasteiger partial charge >= 0.3 is 0 Å². The van der Waals surface area contributed by atoms with Crippen LogP contribution in [0.1, 0.15) is 17.5 Å². The third-order valence-electron chi connectivity index (χ3n) is 1.85. The Morgan fingerprint density at radius 2 is 2.21 bits per heavy atom. The highest BCUT2D eigenvalue weighted by atomic mass is 79.9. The summed E-state index contributed by atoms with van der Waals surface area (Å²) < 4.78 is 13.3. The first kappa shape index (κ1) is 11.7. The molecule has 1 aromatic rings. The molecular weight excluding hydrogens is 266 g/mol. The van der Waals surface area contributed by atoms with Crippen LogP contribution in [0, 0.1) is 12.7 Å². The van der Waals surface area contributed by atoms with Gasteiger partial charge in [-0.2, -0.15) is 0 Å². The van der Waals surface area contributed by atoms with E-state index in [-0.39, 0.29) is 5.82 Å². The van der Waals surface area contributed by atoms with Gasteiger partial charge in [0.05, 0.1) is 0 Å². The molecule has 0 saturated heterocycles. The molecule has 0 saturated carbocycles. The maximum absolute atomic E-state index is 13.3. The molecular formula is C11H11BrClF. The Balaban J connectivity index is 2.92. The summed E-state index contributed by atoms with van der Waals surface area (Å²) in [6.07, 6.45) is 4.60. The number of aryl methyl sites for hydroxylation is 1. The van der Waals surface area contributed by atoms with Gasteiger partial charge in [-0.05, 0) is 31.0 Å². The molecule has 76 valence electrons. The molecule has 0 radical (unpaired) electrons. The van der Waals surface area contributed by atoms with Crippen molar-refractivity contribution in [2.45, 2.75) is 13.3 Å². The Bertz CT molecular complexity index is 347. The van der Waals surface area contributed by atoms with Crippen LogP contribution in [0.15, 0.2) is 18.2 Å². The van der Waals surface area contributed by atoms with E-state index in [4.69, 9.17) is 11.6 Å². The van der Waals surface area contributed by atoms with E-state index in [1.54, 1.807) is 12.1 Å². The molecule has 0 N–H and O–H groups in total. The van der Waals surface area contributed by atoms with Gasteiger partial charge in [-0.25, -0.2) is 4.39 Å². The largest absolute Gasteiger partial charge is 0.206 e. The number of alkyl halides is 1. The molecule has 0 spiro atoms. The van der Waals surface area contributed by atoms with Crippen LogP contribution in [0.5, 0.6) is 0 Å². The average Bonchev–Trinajstić information content (AvgIpc) is 2.14. The normalized spacial score (nSPS) is 11.1. The van der Waals surface area contributed by atoms with E-state index >= 15 is 0 Å². The Morgan fingerprint density at radius 1 is 1.50 bits per heavy atom. The Morgan fingerprint density at radius 3 is 2.86 bits per heavy atom. The zero-order chi connectivity index (χ0) is 10.6. The SMILES string of the molecule is Cc1cc(C=CCCBr)c(F)cc1Cl. The molecule has 14 heavy (non-hydrogen) atoms. The first-order valence-electron chi connectivity index (χ1n) is 4.33. The second-order valence-electron chi connectivity index (χ2n) is 3.00. The summed E-state index contributed by atoms with van der Waals surface area (Å²) in [5.74, 6) is -0.272. The lowest BCUT2D eigenvalue weighted by molar-refractivity contribution is 0.624. The summed E-state index contributed by atoms with van der Waals surface area (Å²) in [4.78, 5) is 0. The van der Waals surface area contributed by atoms with Crippen LogP contribution in [-0.2, 0) is 0 Å². The number of hydrogen-bond donors (Lipinski definition) is 0. The predicted molar refractivity (Wildman–Crippen MR) is 63.6 cm³/mol. The van der Waals surface area contributed by atoms with Crippen molar-refractivity contribution in [2.75, 3.05) is 5.33 Å². The van der Waals surface area contributed by atoms with Gasteiger partial charge in [-0.15, -0.1) is 0 Å². The summed E-state index contributed by atoms with van der Waals surface area (Å²) >= 11 is 9.08. The van der Waals surface area contributed by atoms with Gasteiger partial charge < -0.3 is 0 Å².